The average Bonchev–Trinajstić information content (AvgIpc) is 2.10. The van der Waals surface area contributed by atoms with Crippen LogP contribution < -0.4 is 0 Å². The predicted molar refractivity (Wildman–Crippen MR) is 47.6 cm³/mol. The number of rotatable bonds is 0. The van der Waals surface area contributed by atoms with Crippen LogP contribution in [-0.2, 0) is 4.74 Å². The normalized spacial score (nSPS) is 28.1. The van der Waals surface area contributed by atoms with Crippen LogP contribution in [0.4, 0.5) is 0 Å². The van der Waals surface area contributed by atoms with Crippen molar-refractivity contribution in [1.82, 2.24) is 0 Å². The monoisotopic (exact) mass is 156 g/mol. The Balaban J connectivity index is 2.43. The van der Waals surface area contributed by atoms with Crippen molar-refractivity contribution in [2.75, 3.05) is 13.2 Å². The molecule has 0 aromatic rings. The standard InChI is InChI=1S/C10H20O/c1-10(2,3)9-5-4-7-11-8-6-9/h9H,4-8H2,1-3H3/t9-/m1/s1. The predicted octanol–water partition coefficient (Wildman–Crippen LogP) is 2.85. The summed E-state index contributed by atoms with van der Waals surface area (Å²) in [4.78, 5) is 0. The molecule has 1 aliphatic rings. The van der Waals surface area contributed by atoms with Gasteiger partial charge in [0, 0.05) is 13.2 Å². The van der Waals surface area contributed by atoms with E-state index in [0.29, 0.717) is 5.41 Å². The van der Waals surface area contributed by atoms with Crippen LogP contribution in [0.25, 0.3) is 0 Å². The molecule has 0 unspecified atom stereocenters. The molecule has 0 aromatic heterocycles. The second-order valence-electron chi connectivity index (χ2n) is 4.61. The Morgan fingerprint density at radius 3 is 2.45 bits per heavy atom. The van der Waals surface area contributed by atoms with Crippen LogP contribution in [0.2, 0.25) is 0 Å². The summed E-state index contributed by atoms with van der Waals surface area (Å²) < 4.78 is 5.42. The van der Waals surface area contributed by atoms with Crippen LogP contribution in [0, 0.1) is 11.3 Å². The third-order valence-electron chi connectivity index (χ3n) is 2.68. The van der Waals surface area contributed by atoms with Gasteiger partial charge in [0.15, 0.2) is 0 Å². The molecule has 1 aliphatic heterocycles. The molecule has 0 spiro atoms. The van der Waals surface area contributed by atoms with Gasteiger partial charge >= 0.3 is 0 Å². The topological polar surface area (TPSA) is 9.23 Å². The summed E-state index contributed by atoms with van der Waals surface area (Å²) in [5.74, 6) is 0.866. The Morgan fingerprint density at radius 1 is 1.09 bits per heavy atom. The molecule has 1 heterocycles. The van der Waals surface area contributed by atoms with Crippen molar-refractivity contribution in [3.63, 3.8) is 0 Å². The van der Waals surface area contributed by atoms with E-state index >= 15 is 0 Å². The molecule has 0 aromatic carbocycles. The summed E-state index contributed by atoms with van der Waals surface area (Å²) in [5.41, 5.74) is 0.480. The summed E-state index contributed by atoms with van der Waals surface area (Å²) in [6.45, 7) is 8.96. The van der Waals surface area contributed by atoms with Crippen molar-refractivity contribution in [2.24, 2.45) is 11.3 Å². The van der Waals surface area contributed by atoms with Gasteiger partial charge in [0.1, 0.15) is 0 Å². The first-order chi connectivity index (χ1) is 5.11. The molecule has 1 fully saturated rings. The van der Waals surface area contributed by atoms with Gasteiger partial charge in [0.05, 0.1) is 0 Å². The molecule has 0 saturated carbocycles. The van der Waals surface area contributed by atoms with Gasteiger partial charge in [-0.25, -0.2) is 0 Å². The lowest BCUT2D eigenvalue weighted by atomic mass is 9.77. The summed E-state index contributed by atoms with van der Waals surface area (Å²) in [6, 6.07) is 0. The fourth-order valence-electron chi connectivity index (χ4n) is 1.77. The van der Waals surface area contributed by atoms with E-state index in [1.807, 2.05) is 0 Å². The molecule has 0 amide bonds. The van der Waals surface area contributed by atoms with Gasteiger partial charge in [-0.2, -0.15) is 0 Å². The molecule has 11 heavy (non-hydrogen) atoms. The Hall–Kier alpha value is -0.0400. The molecule has 0 aliphatic carbocycles. The smallest absolute Gasteiger partial charge is 0.0468 e. The summed E-state index contributed by atoms with van der Waals surface area (Å²) in [5, 5.41) is 0. The molecule has 0 N–H and O–H groups in total. The van der Waals surface area contributed by atoms with E-state index in [1.165, 1.54) is 19.3 Å². The van der Waals surface area contributed by atoms with E-state index < -0.39 is 0 Å². The zero-order chi connectivity index (χ0) is 8.32. The van der Waals surface area contributed by atoms with Crippen LogP contribution in [0.1, 0.15) is 40.0 Å². The molecule has 1 nitrogen and oxygen atoms in total. The van der Waals surface area contributed by atoms with Gasteiger partial charge in [0.2, 0.25) is 0 Å². The van der Waals surface area contributed by atoms with Crippen molar-refractivity contribution in [2.45, 2.75) is 40.0 Å². The zero-order valence-corrected chi connectivity index (χ0v) is 8.02. The highest BCUT2D eigenvalue weighted by molar-refractivity contribution is 4.75. The molecule has 1 saturated heterocycles. The fraction of sp³-hybridized carbons (Fsp3) is 1.00. The minimum atomic E-state index is 0.480. The van der Waals surface area contributed by atoms with E-state index in [9.17, 15) is 0 Å². The largest absolute Gasteiger partial charge is 0.381 e. The molecule has 66 valence electrons. The highest BCUT2D eigenvalue weighted by atomic mass is 16.5. The minimum Gasteiger partial charge on any atom is -0.381 e. The molecule has 1 heteroatoms. The van der Waals surface area contributed by atoms with E-state index in [-0.39, 0.29) is 0 Å². The Kier molecular flexibility index (Phi) is 2.94. The van der Waals surface area contributed by atoms with Crippen molar-refractivity contribution in [1.29, 1.82) is 0 Å². The molecule has 0 bridgehead atoms. The van der Waals surface area contributed by atoms with Gasteiger partial charge in [-0.15, -0.1) is 0 Å². The van der Waals surface area contributed by atoms with Crippen LogP contribution >= 0.6 is 0 Å². The molecule has 1 rings (SSSR count). The van der Waals surface area contributed by atoms with Gasteiger partial charge in [-0.1, -0.05) is 20.8 Å². The van der Waals surface area contributed by atoms with E-state index in [4.69, 9.17) is 4.74 Å². The third kappa shape index (κ3) is 2.82. The average molecular weight is 156 g/mol. The van der Waals surface area contributed by atoms with E-state index in [2.05, 4.69) is 20.8 Å². The van der Waals surface area contributed by atoms with Gasteiger partial charge in [-0.3, -0.25) is 0 Å². The number of hydrogen-bond acceptors (Lipinski definition) is 1. The first-order valence-corrected chi connectivity index (χ1v) is 4.68. The Bertz CT molecular complexity index is 105. The number of hydrogen-bond donors (Lipinski definition) is 0. The SMILES string of the molecule is CC(C)(C)[C@@H]1CCCOCC1. The van der Waals surface area contributed by atoms with Crippen LogP contribution in [-0.4, -0.2) is 13.2 Å². The lowest BCUT2D eigenvalue weighted by molar-refractivity contribution is 0.131. The van der Waals surface area contributed by atoms with E-state index in [0.717, 1.165) is 19.1 Å². The fourth-order valence-corrected chi connectivity index (χ4v) is 1.77. The van der Waals surface area contributed by atoms with Crippen molar-refractivity contribution >= 4 is 0 Å². The third-order valence-corrected chi connectivity index (χ3v) is 2.68. The molecular weight excluding hydrogens is 136 g/mol. The summed E-state index contributed by atoms with van der Waals surface area (Å²) in [7, 11) is 0. The minimum absolute atomic E-state index is 0.480. The Labute approximate surface area is 70.1 Å². The highest BCUT2D eigenvalue weighted by Gasteiger charge is 2.24. The first-order valence-electron chi connectivity index (χ1n) is 4.68. The molecule has 0 radical (unpaired) electrons. The van der Waals surface area contributed by atoms with Gasteiger partial charge in [-0.05, 0) is 30.6 Å². The second-order valence-corrected chi connectivity index (χ2v) is 4.61. The van der Waals surface area contributed by atoms with Crippen molar-refractivity contribution < 1.29 is 4.74 Å². The highest BCUT2D eigenvalue weighted by Crippen LogP contribution is 2.33. The Morgan fingerprint density at radius 2 is 1.82 bits per heavy atom. The maximum Gasteiger partial charge on any atom is 0.0468 e. The maximum atomic E-state index is 5.42. The quantitative estimate of drug-likeness (QED) is 0.524. The second kappa shape index (κ2) is 3.57. The zero-order valence-electron chi connectivity index (χ0n) is 8.02. The molecule has 1 atom stereocenters. The van der Waals surface area contributed by atoms with Crippen molar-refractivity contribution in [3.05, 3.63) is 0 Å². The van der Waals surface area contributed by atoms with Gasteiger partial charge < -0.3 is 4.74 Å². The summed E-state index contributed by atoms with van der Waals surface area (Å²) in [6.07, 6.45) is 3.86. The molecular formula is C10H20O. The van der Waals surface area contributed by atoms with Crippen molar-refractivity contribution in [3.8, 4) is 0 Å². The van der Waals surface area contributed by atoms with Crippen LogP contribution in [0.5, 0.6) is 0 Å². The maximum absolute atomic E-state index is 5.42. The summed E-state index contributed by atoms with van der Waals surface area (Å²) >= 11 is 0. The lowest BCUT2D eigenvalue weighted by Crippen LogP contribution is -2.20. The van der Waals surface area contributed by atoms with Crippen LogP contribution in [0.3, 0.4) is 0 Å². The first kappa shape index (κ1) is 9.05. The lowest BCUT2D eigenvalue weighted by Gasteiger charge is -2.29. The number of ether oxygens (including phenoxy) is 1. The van der Waals surface area contributed by atoms with E-state index in [1.54, 1.807) is 0 Å². The van der Waals surface area contributed by atoms with Gasteiger partial charge in [0.25, 0.3) is 0 Å². The van der Waals surface area contributed by atoms with Crippen LogP contribution in [0.15, 0.2) is 0 Å².